The van der Waals surface area contributed by atoms with Crippen molar-refractivity contribution in [2.24, 2.45) is 11.7 Å². The maximum absolute atomic E-state index is 6.29. The Morgan fingerprint density at radius 1 is 1.04 bits per heavy atom. The number of allylic oxidation sites excluding steroid dienone is 6. The molecule has 2 rings (SSSR count). The van der Waals surface area contributed by atoms with Gasteiger partial charge in [-0.25, -0.2) is 0 Å². The summed E-state index contributed by atoms with van der Waals surface area (Å²) in [5.41, 5.74) is 12.2. The van der Waals surface area contributed by atoms with Crippen LogP contribution in [0.5, 0.6) is 0 Å². The van der Waals surface area contributed by atoms with Crippen molar-refractivity contribution in [3.05, 3.63) is 76.5 Å². The molecule has 152 valence electrons. The summed E-state index contributed by atoms with van der Waals surface area (Å²) in [7, 11) is 0. The van der Waals surface area contributed by atoms with Crippen LogP contribution in [0.1, 0.15) is 65.5 Å². The van der Waals surface area contributed by atoms with Gasteiger partial charge in [0.25, 0.3) is 0 Å². The molecule has 2 heteroatoms. The van der Waals surface area contributed by atoms with Crippen molar-refractivity contribution < 1.29 is 0 Å². The van der Waals surface area contributed by atoms with Gasteiger partial charge in [0, 0.05) is 16.8 Å². The summed E-state index contributed by atoms with van der Waals surface area (Å²) < 4.78 is 0. The molecule has 1 aliphatic heterocycles. The van der Waals surface area contributed by atoms with Crippen molar-refractivity contribution in [1.82, 2.24) is 5.32 Å². The van der Waals surface area contributed by atoms with E-state index in [1.165, 1.54) is 16.7 Å². The first-order valence-corrected chi connectivity index (χ1v) is 10.3. The zero-order valence-corrected chi connectivity index (χ0v) is 18.8. The number of hydrogen-bond acceptors (Lipinski definition) is 2. The van der Waals surface area contributed by atoms with Crippen molar-refractivity contribution in [2.75, 3.05) is 0 Å². The number of benzene rings is 1. The normalized spacial score (nSPS) is 21.3. The van der Waals surface area contributed by atoms with Crippen LogP contribution in [0.25, 0.3) is 6.08 Å². The zero-order valence-electron chi connectivity index (χ0n) is 18.8. The van der Waals surface area contributed by atoms with Crippen LogP contribution in [0.15, 0.2) is 65.4 Å². The van der Waals surface area contributed by atoms with Crippen LogP contribution in [0.3, 0.4) is 0 Å². The minimum absolute atomic E-state index is 0.177. The topological polar surface area (TPSA) is 38.0 Å². The largest absolute Gasteiger partial charge is 0.399 e. The minimum atomic E-state index is 0.177. The van der Waals surface area contributed by atoms with Crippen LogP contribution < -0.4 is 11.1 Å². The zero-order chi connectivity index (χ0) is 20.9. The summed E-state index contributed by atoms with van der Waals surface area (Å²) in [4.78, 5) is 0. The number of rotatable bonds is 5. The van der Waals surface area contributed by atoms with E-state index in [4.69, 9.17) is 5.73 Å². The van der Waals surface area contributed by atoms with Crippen molar-refractivity contribution in [3.8, 4) is 0 Å². The first kappa shape index (κ1) is 22.2. The molecule has 3 N–H and O–H groups in total. The molecule has 1 heterocycles. The van der Waals surface area contributed by atoms with Gasteiger partial charge in [-0.15, -0.1) is 0 Å². The van der Waals surface area contributed by atoms with Gasteiger partial charge in [0.15, 0.2) is 0 Å². The lowest BCUT2D eigenvalue weighted by Gasteiger charge is -2.45. The molecule has 1 aromatic rings. The highest BCUT2D eigenvalue weighted by atomic mass is 15.0. The third-order valence-electron chi connectivity index (χ3n) is 5.39. The predicted octanol–water partition coefficient (Wildman–Crippen LogP) is 6.30. The van der Waals surface area contributed by atoms with E-state index in [2.05, 4.69) is 102 Å². The molecule has 0 atom stereocenters. The van der Waals surface area contributed by atoms with Crippen molar-refractivity contribution in [2.45, 2.75) is 72.4 Å². The molecule has 28 heavy (non-hydrogen) atoms. The maximum atomic E-state index is 6.29. The minimum Gasteiger partial charge on any atom is -0.399 e. The molecular formula is C26H38N2. The molecule has 1 aliphatic rings. The third kappa shape index (κ3) is 6.83. The number of nitrogens with one attached hydrogen (secondary N) is 1. The second-order valence-electron chi connectivity index (χ2n) is 9.64. The Kier molecular flexibility index (Phi) is 7.11. The van der Waals surface area contributed by atoms with Gasteiger partial charge in [-0.3, -0.25) is 0 Å². The maximum Gasteiger partial charge on any atom is 0.0344 e. The average Bonchev–Trinajstić information content (AvgIpc) is 2.57. The van der Waals surface area contributed by atoms with Crippen LogP contribution >= 0.6 is 0 Å². The molecule has 0 unspecified atom stereocenters. The first-order chi connectivity index (χ1) is 13.0. The second kappa shape index (κ2) is 8.96. The van der Waals surface area contributed by atoms with Crippen molar-refractivity contribution >= 4 is 6.08 Å². The lowest BCUT2D eigenvalue weighted by molar-refractivity contribution is 0.150. The van der Waals surface area contributed by atoms with Gasteiger partial charge in [-0.1, -0.05) is 48.1 Å². The van der Waals surface area contributed by atoms with Gasteiger partial charge in [-0.2, -0.15) is 0 Å². The molecule has 0 aliphatic carbocycles. The smallest absolute Gasteiger partial charge is 0.0344 e. The molecule has 1 saturated heterocycles. The van der Waals surface area contributed by atoms with E-state index in [0.717, 1.165) is 24.1 Å². The molecule has 1 fully saturated rings. The molecule has 0 spiro atoms. The highest BCUT2D eigenvalue weighted by Crippen LogP contribution is 2.33. The van der Waals surface area contributed by atoms with Gasteiger partial charge in [0.05, 0.1) is 0 Å². The number of nitrogens with two attached hydrogens (primary N) is 1. The van der Waals surface area contributed by atoms with Crippen LogP contribution in [-0.2, 0) is 0 Å². The second-order valence-corrected chi connectivity index (χ2v) is 9.64. The van der Waals surface area contributed by atoms with E-state index in [1.807, 2.05) is 6.08 Å². The monoisotopic (exact) mass is 378 g/mol. The number of hydrogen-bond donors (Lipinski definition) is 2. The Balaban J connectivity index is 2.06. The molecule has 2 nitrogen and oxygen atoms in total. The summed E-state index contributed by atoms with van der Waals surface area (Å²) in [6.45, 7) is 15.5. The molecule has 0 bridgehead atoms. The van der Waals surface area contributed by atoms with Gasteiger partial charge in [-0.05, 0) is 96.1 Å². The van der Waals surface area contributed by atoms with Gasteiger partial charge in [0.1, 0.15) is 0 Å². The van der Waals surface area contributed by atoms with E-state index >= 15 is 0 Å². The summed E-state index contributed by atoms with van der Waals surface area (Å²) in [6, 6.07) is 8.36. The Bertz CT molecular complexity index is 787. The van der Waals surface area contributed by atoms with E-state index < -0.39 is 0 Å². The quantitative estimate of drug-likeness (QED) is 0.590. The van der Waals surface area contributed by atoms with Gasteiger partial charge in [0.2, 0.25) is 0 Å². The van der Waals surface area contributed by atoms with Gasteiger partial charge < -0.3 is 11.1 Å². The molecule has 0 amide bonds. The molecule has 0 saturated carbocycles. The highest BCUT2D eigenvalue weighted by Gasteiger charge is 2.36. The Hall–Kier alpha value is -2.06. The lowest BCUT2D eigenvalue weighted by atomic mass is 9.76. The van der Waals surface area contributed by atoms with Crippen LogP contribution in [-0.4, -0.2) is 11.1 Å². The fraction of sp³-hybridized carbons (Fsp3) is 0.462. The number of piperidine rings is 1. The van der Waals surface area contributed by atoms with E-state index in [0.29, 0.717) is 5.92 Å². The molecular weight excluding hydrogens is 340 g/mol. The van der Waals surface area contributed by atoms with Crippen LogP contribution in [0, 0.1) is 12.8 Å². The Morgan fingerprint density at radius 3 is 2.25 bits per heavy atom. The standard InChI is InChI=1S/C26H38N2/c1-19(12-14-22-17-25(4,5)28-26(6,7)18-22)13-15-24(27)21(3)16-23-11-9-8-10-20(23)2/h8-16,22,28H,17-18,27H2,1-7H3/b14-12-,19-13+,21-16+,24-15-. The fourth-order valence-corrected chi connectivity index (χ4v) is 4.30. The molecule has 0 radical (unpaired) electrons. The van der Waals surface area contributed by atoms with Crippen LogP contribution in [0.4, 0.5) is 0 Å². The van der Waals surface area contributed by atoms with Gasteiger partial charge >= 0.3 is 0 Å². The van der Waals surface area contributed by atoms with E-state index in [9.17, 15) is 0 Å². The summed E-state index contributed by atoms with van der Waals surface area (Å²) >= 11 is 0. The highest BCUT2D eigenvalue weighted by molar-refractivity contribution is 5.60. The van der Waals surface area contributed by atoms with E-state index in [-0.39, 0.29) is 11.1 Å². The fourth-order valence-electron chi connectivity index (χ4n) is 4.30. The third-order valence-corrected chi connectivity index (χ3v) is 5.39. The SMILES string of the molecule is CC(/C=C\C1CC(C)(C)NC(C)(C)C1)=C\C=C(N)\C(C)=C\c1ccccc1C. The predicted molar refractivity (Wildman–Crippen MR) is 124 cm³/mol. The summed E-state index contributed by atoms with van der Waals surface area (Å²) in [5.74, 6) is 0.596. The Morgan fingerprint density at radius 2 is 1.64 bits per heavy atom. The lowest BCUT2D eigenvalue weighted by Crippen LogP contribution is -2.57. The van der Waals surface area contributed by atoms with Crippen LogP contribution in [0.2, 0.25) is 0 Å². The first-order valence-electron chi connectivity index (χ1n) is 10.3. The molecule has 1 aromatic carbocycles. The summed E-state index contributed by atoms with van der Waals surface area (Å²) in [5, 5.41) is 3.75. The summed E-state index contributed by atoms with van der Waals surface area (Å²) in [6.07, 6.45) is 13.2. The van der Waals surface area contributed by atoms with Crippen molar-refractivity contribution in [1.29, 1.82) is 0 Å². The molecule has 0 aromatic heterocycles. The van der Waals surface area contributed by atoms with E-state index in [1.54, 1.807) is 0 Å². The number of aryl methyl sites for hydroxylation is 1. The average molecular weight is 379 g/mol. The van der Waals surface area contributed by atoms with Crippen molar-refractivity contribution in [3.63, 3.8) is 0 Å². The Labute approximate surface area is 172 Å².